The van der Waals surface area contributed by atoms with Crippen molar-refractivity contribution in [1.82, 2.24) is 0 Å². The van der Waals surface area contributed by atoms with Gasteiger partial charge in [-0.05, 0) is 30.7 Å². The molecule has 0 aliphatic rings. The number of aliphatic hydroxyl groups excluding tert-OH is 1. The van der Waals surface area contributed by atoms with Crippen LogP contribution in [0.15, 0.2) is 40.5 Å². The number of aliphatic hydroxyl groups is 1. The predicted molar refractivity (Wildman–Crippen MR) is 48.6 cm³/mol. The number of hydrogen-bond acceptors (Lipinski definition) is 2. The maximum atomic E-state index is 8.50. The monoisotopic (exact) mass is 164 g/mol. The van der Waals surface area contributed by atoms with Crippen LogP contribution in [0.1, 0.15) is 12.7 Å². The molecule has 0 spiro atoms. The third-order valence-electron chi connectivity index (χ3n) is 1.40. The summed E-state index contributed by atoms with van der Waals surface area (Å²) in [6, 6.07) is 3.73. The van der Waals surface area contributed by atoms with E-state index in [1.54, 1.807) is 12.3 Å². The molecule has 2 nitrogen and oxygen atoms in total. The Balaban J connectivity index is 2.63. The normalized spacial score (nSPS) is 12.7. The molecule has 0 bridgehead atoms. The van der Waals surface area contributed by atoms with Crippen LogP contribution in [-0.2, 0) is 0 Å². The van der Waals surface area contributed by atoms with Crippen LogP contribution in [0.2, 0.25) is 0 Å². The number of rotatable bonds is 3. The molecule has 0 atom stereocenters. The number of furan rings is 1. The highest BCUT2D eigenvalue weighted by molar-refractivity contribution is 5.50. The minimum Gasteiger partial charge on any atom is -0.465 e. The van der Waals surface area contributed by atoms with Gasteiger partial charge in [-0.15, -0.1) is 0 Å². The van der Waals surface area contributed by atoms with E-state index in [0.717, 1.165) is 11.3 Å². The van der Waals surface area contributed by atoms with Crippen LogP contribution in [0.4, 0.5) is 0 Å². The fourth-order valence-corrected chi connectivity index (χ4v) is 0.884. The topological polar surface area (TPSA) is 33.4 Å². The van der Waals surface area contributed by atoms with Gasteiger partial charge in [-0.1, -0.05) is 12.2 Å². The Morgan fingerprint density at radius 3 is 3.08 bits per heavy atom. The maximum absolute atomic E-state index is 8.50. The molecule has 12 heavy (non-hydrogen) atoms. The summed E-state index contributed by atoms with van der Waals surface area (Å²) in [5.74, 6) is 0.829. The van der Waals surface area contributed by atoms with Gasteiger partial charge < -0.3 is 9.52 Å². The van der Waals surface area contributed by atoms with Gasteiger partial charge in [0.15, 0.2) is 0 Å². The van der Waals surface area contributed by atoms with Gasteiger partial charge in [0.25, 0.3) is 0 Å². The highest BCUT2D eigenvalue weighted by Crippen LogP contribution is 2.07. The Hall–Kier alpha value is -1.28. The summed E-state index contributed by atoms with van der Waals surface area (Å²) in [5, 5.41) is 8.50. The highest BCUT2D eigenvalue weighted by atomic mass is 16.3. The molecular formula is C10H12O2. The summed E-state index contributed by atoms with van der Waals surface area (Å²) >= 11 is 0. The van der Waals surface area contributed by atoms with Crippen molar-refractivity contribution in [1.29, 1.82) is 0 Å². The van der Waals surface area contributed by atoms with Gasteiger partial charge in [0.2, 0.25) is 0 Å². The third kappa shape index (κ3) is 2.76. The van der Waals surface area contributed by atoms with Crippen LogP contribution in [0.5, 0.6) is 0 Å². The first kappa shape index (κ1) is 8.81. The SMILES string of the molecule is CC(/C=C/CO)=C\c1ccco1. The zero-order chi connectivity index (χ0) is 8.81. The van der Waals surface area contributed by atoms with Gasteiger partial charge in [0.1, 0.15) is 5.76 Å². The zero-order valence-corrected chi connectivity index (χ0v) is 7.03. The fraction of sp³-hybridized carbons (Fsp3) is 0.200. The lowest BCUT2D eigenvalue weighted by atomic mass is 10.2. The van der Waals surface area contributed by atoms with E-state index in [1.165, 1.54) is 0 Å². The second-order valence-electron chi connectivity index (χ2n) is 2.49. The average molecular weight is 164 g/mol. The van der Waals surface area contributed by atoms with Gasteiger partial charge >= 0.3 is 0 Å². The molecule has 64 valence electrons. The van der Waals surface area contributed by atoms with Gasteiger partial charge in [-0.3, -0.25) is 0 Å². The molecule has 0 radical (unpaired) electrons. The van der Waals surface area contributed by atoms with E-state index in [0.29, 0.717) is 0 Å². The van der Waals surface area contributed by atoms with Crippen LogP contribution in [0.25, 0.3) is 6.08 Å². The van der Waals surface area contributed by atoms with Gasteiger partial charge in [0, 0.05) is 0 Å². The quantitative estimate of drug-likeness (QED) is 0.695. The van der Waals surface area contributed by atoms with Gasteiger partial charge in [-0.2, -0.15) is 0 Å². The van der Waals surface area contributed by atoms with E-state index in [-0.39, 0.29) is 6.61 Å². The van der Waals surface area contributed by atoms with E-state index >= 15 is 0 Å². The van der Waals surface area contributed by atoms with E-state index in [9.17, 15) is 0 Å². The Kier molecular flexibility index (Phi) is 3.35. The highest BCUT2D eigenvalue weighted by Gasteiger charge is 1.88. The fourth-order valence-electron chi connectivity index (χ4n) is 0.884. The van der Waals surface area contributed by atoms with Crippen molar-refractivity contribution in [2.24, 2.45) is 0 Å². The van der Waals surface area contributed by atoms with Gasteiger partial charge in [0.05, 0.1) is 12.9 Å². The predicted octanol–water partition coefficient (Wildman–Crippen LogP) is 2.23. The summed E-state index contributed by atoms with van der Waals surface area (Å²) < 4.78 is 5.11. The van der Waals surface area contributed by atoms with E-state index in [2.05, 4.69) is 0 Å². The van der Waals surface area contributed by atoms with Crippen molar-refractivity contribution < 1.29 is 9.52 Å². The first-order valence-corrected chi connectivity index (χ1v) is 3.82. The molecule has 1 aromatic heterocycles. The van der Waals surface area contributed by atoms with Crippen LogP contribution >= 0.6 is 0 Å². The lowest BCUT2D eigenvalue weighted by Crippen LogP contribution is -1.73. The van der Waals surface area contributed by atoms with E-state index in [1.807, 2.05) is 31.2 Å². The van der Waals surface area contributed by atoms with Crippen molar-refractivity contribution in [3.05, 3.63) is 41.9 Å². The smallest absolute Gasteiger partial charge is 0.126 e. The molecule has 1 aromatic rings. The van der Waals surface area contributed by atoms with Crippen molar-refractivity contribution in [2.45, 2.75) is 6.92 Å². The van der Waals surface area contributed by atoms with E-state index < -0.39 is 0 Å². The molecule has 0 unspecified atom stereocenters. The largest absolute Gasteiger partial charge is 0.465 e. The Morgan fingerprint density at radius 2 is 2.50 bits per heavy atom. The Bertz CT molecular complexity index is 268. The summed E-state index contributed by atoms with van der Waals surface area (Å²) in [6.07, 6.45) is 7.08. The lowest BCUT2D eigenvalue weighted by Gasteiger charge is -1.89. The Labute approximate surface area is 71.8 Å². The molecule has 1 N–H and O–H groups in total. The van der Waals surface area contributed by atoms with Crippen molar-refractivity contribution >= 4 is 6.08 Å². The molecule has 0 fully saturated rings. The van der Waals surface area contributed by atoms with Gasteiger partial charge in [-0.25, -0.2) is 0 Å². The minimum atomic E-state index is 0.0728. The third-order valence-corrected chi connectivity index (χ3v) is 1.40. The molecule has 1 heterocycles. The lowest BCUT2D eigenvalue weighted by molar-refractivity contribution is 0.342. The molecule has 0 aliphatic carbocycles. The average Bonchev–Trinajstić information content (AvgIpc) is 2.53. The molecule has 0 amide bonds. The molecule has 0 aliphatic heterocycles. The first-order chi connectivity index (χ1) is 5.83. The van der Waals surface area contributed by atoms with E-state index in [4.69, 9.17) is 9.52 Å². The number of hydrogen-bond donors (Lipinski definition) is 1. The Morgan fingerprint density at radius 1 is 1.67 bits per heavy atom. The zero-order valence-electron chi connectivity index (χ0n) is 7.03. The minimum absolute atomic E-state index is 0.0728. The summed E-state index contributed by atoms with van der Waals surface area (Å²) in [6.45, 7) is 2.03. The van der Waals surface area contributed by atoms with Crippen molar-refractivity contribution in [2.75, 3.05) is 6.61 Å². The summed E-state index contributed by atoms with van der Waals surface area (Å²) in [5.41, 5.74) is 1.05. The summed E-state index contributed by atoms with van der Waals surface area (Å²) in [7, 11) is 0. The molecule has 0 saturated heterocycles. The standard InChI is InChI=1S/C10H12O2/c1-9(4-2-6-11)8-10-5-3-7-12-10/h2-5,7-8,11H,6H2,1H3/b4-2+,9-8+. The molecular weight excluding hydrogens is 152 g/mol. The van der Waals surface area contributed by atoms with Crippen LogP contribution in [-0.4, -0.2) is 11.7 Å². The van der Waals surface area contributed by atoms with Crippen molar-refractivity contribution in [3.8, 4) is 0 Å². The van der Waals surface area contributed by atoms with Crippen LogP contribution in [0.3, 0.4) is 0 Å². The summed E-state index contributed by atoms with van der Waals surface area (Å²) in [4.78, 5) is 0. The number of allylic oxidation sites excluding steroid dienone is 2. The van der Waals surface area contributed by atoms with Crippen LogP contribution < -0.4 is 0 Å². The second-order valence-corrected chi connectivity index (χ2v) is 2.49. The second kappa shape index (κ2) is 4.57. The molecule has 0 aromatic carbocycles. The first-order valence-electron chi connectivity index (χ1n) is 3.82. The van der Waals surface area contributed by atoms with Crippen LogP contribution in [0, 0.1) is 0 Å². The molecule has 1 rings (SSSR count). The van der Waals surface area contributed by atoms with Crippen molar-refractivity contribution in [3.63, 3.8) is 0 Å². The molecule has 0 saturated carbocycles. The molecule has 2 heteroatoms. The maximum Gasteiger partial charge on any atom is 0.126 e.